The first-order chi connectivity index (χ1) is 15.3. The standard InChI is InChI=1S/C23H25N5O3/c1-29-20-4-2-3-17(15-20)7-12-28-23(24-25-26-28)27-10-8-18(9-11-27)19-5-6-21-22(16-19)31-14-13-30-21/h2-6,8,15-16H,7,9-14H2,1H3. The summed E-state index contributed by atoms with van der Waals surface area (Å²) in [6.07, 6.45) is 4.00. The first kappa shape index (κ1) is 19.4. The molecule has 8 heteroatoms. The largest absolute Gasteiger partial charge is 0.497 e. The van der Waals surface area contributed by atoms with Crippen LogP contribution in [0.5, 0.6) is 17.2 Å². The fourth-order valence-electron chi connectivity index (χ4n) is 3.99. The summed E-state index contributed by atoms with van der Waals surface area (Å²) in [5.41, 5.74) is 3.69. The molecule has 0 atom stereocenters. The molecule has 31 heavy (non-hydrogen) atoms. The first-order valence-electron chi connectivity index (χ1n) is 10.5. The van der Waals surface area contributed by atoms with Crippen LogP contribution in [0.1, 0.15) is 17.5 Å². The predicted octanol–water partition coefficient (Wildman–Crippen LogP) is 2.99. The third-order valence-electron chi connectivity index (χ3n) is 5.66. The molecule has 3 aromatic rings. The molecule has 8 nitrogen and oxygen atoms in total. The van der Waals surface area contributed by atoms with E-state index in [1.54, 1.807) is 7.11 Å². The maximum atomic E-state index is 5.73. The van der Waals surface area contributed by atoms with E-state index in [1.807, 2.05) is 28.9 Å². The van der Waals surface area contributed by atoms with Crippen molar-refractivity contribution in [3.63, 3.8) is 0 Å². The highest BCUT2D eigenvalue weighted by molar-refractivity contribution is 5.70. The summed E-state index contributed by atoms with van der Waals surface area (Å²) in [4.78, 5) is 2.22. The molecule has 0 spiro atoms. The van der Waals surface area contributed by atoms with Gasteiger partial charge in [-0.05, 0) is 64.2 Å². The molecule has 3 heterocycles. The summed E-state index contributed by atoms with van der Waals surface area (Å²) < 4.78 is 18.5. The van der Waals surface area contributed by atoms with Gasteiger partial charge in [0.05, 0.1) is 13.7 Å². The first-order valence-corrected chi connectivity index (χ1v) is 10.5. The van der Waals surface area contributed by atoms with Crippen molar-refractivity contribution in [1.82, 2.24) is 20.2 Å². The van der Waals surface area contributed by atoms with Crippen LogP contribution in [0.3, 0.4) is 0 Å². The number of methoxy groups -OCH3 is 1. The van der Waals surface area contributed by atoms with Crippen molar-refractivity contribution in [2.45, 2.75) is 19.4 Å². The zero-order valence-electron chi connectivity index (χ0n) is 17.5. The highest BCUT2D eigenvalue weighted by Crippen LogP contribution is 2.34. The molecule has 0 fully saturated rings. The second-order valence-electron chi connectivity index (χ2n) is 7.59. The minimum atomic E-state index is 0.599. The molecule has 0 amide bonds. The van der Waals surface area contributed by atoms with Crippen LogP contribution in [0.2, 0.25) is 0 Å². The van der Waals surface area contributed by atoms with Crippen LogP contribution in [0, 0.1) is 0 Å². The smallest absolute Gasteiger partial charge is 0.245 e. The Morgan fingerprint density at radius 2 is 1.97 bits per heavy atom. The molecule has 0 saturated heterocycles. The Labute approximate surface area is 181 Å². The molecule has 2 aliphatic rings. The van der Waals surface area contributed by atoms with Crippen molar-refractivity contribution in [3.05, 3.63) is 59.7 Å². The van der Waals surface area contributed by atoms with Crippen molar-refractivity contribution in [3.8, 4) is 17.2 Å². The number of aromatic nitrogens is 4. The zero-order valence-corrected chi connectivity index (χ0v) is 17.5. The van der Waals surface area contributed by atoms with E-state index in [0.29, 0.717) is 19.8 Å². The van der Waals surface area contributed by atoms with Crippen LogP contribution in [0.25, 0.3) is 5.57 Å². The highest BCUT2D eigenvalue weighted by atomic mass is 16.6. The van der Waals surface area contributed by atoms with Crippen LogP contribution in [0.4, 0.5) is 5.95 Å². The molecule has 0 bridgehead atoms. The van der Waals surface area contributed by atoms with Gasteiger partial charge in [0, 0.05) is 13.1 Å². The van der Waals surface area contributed by atoms with Gasteiger partial charge in [0.2, 0.25) is 5.95 Å². The molecule has 1 aromatic heterocycles. The summed E-state index contributed by atoms with van der Waals surface area (Å²) in [6, 6.07) is 14.3. The van der Waals surface area contributed by atoms with Gasteiger partial charge >= 0.3 is 0 Å². The van der Waals surface area contributed by atoms with Crippen molar-refractivity contribution >= 4 is 11.5 Å². The van der Waals surface area contributed by atoms with Gasteiger partial charge < -0.3 is 19.1 Å². The van der Waals surface area contributed by atoms with Crippen LogP contribution < -0.4 is 19.1 Å². The van der Waals surface area contributed by atoms with E-state index >= 15 is 0 Å². The lowest BCUT2D eigenvalue weighted by Crippen LogP contribution is -2.31. The maximum Gasteiger partial charge on any atom is 0.245 e. The van der Waals surface area contributed by atoms with Gasteiger partial charge in [-0.25, -0.2) is 4.68 Å². The quantitative estimate of drug-likeness (QED) is 0.608. The highest BCUT2D eigenvalue weighted by Gasteiger charge is 2.20. The number of anilines is 1. The minimum absolute atomic E-state index is 0.599. The van der Waals surface area contributed by atoms with Crippen molar-refractivity contribution in [2.75, 3.05) is 38.3 Å². The zero-order chi connectivity index (χ0) is 21.0. The number of ether oxygens (including phenoxy) is 3. The molecule has 0 aliphatic carbocycles. The van der Waals surface area contributed by atoms with Crippen molar-refractivity contribution in [2.24, 2.45) is 0 Å². The van der Waals surface area contributed by atoms with Gasteiger partial charge in [-0.1, -0.05) is 29.4 Å². The molecule has 0 unspecified atom stereocenters. The summed E-state index contributed by atoms with van der Waals surface area (Å²) in [5, 5.41) is 12.4. The lowest BCUT2D eigenvalue weighted by molar-refractivity contribution is 0.171. The lowest BCUT2D eigenvalue weighted by Gasteiger charge is -2.27. The minimum Gasteiger partial charge on any atom is -0.497 e. The van der Waals surface area contributed by atoms with Gasteiger partial charge in [0.1, 0.15) is 19.0 Å². The van der Waals surface area contributed by atoms with Crippen molar-refractivity contribution < 1.29 is 14.2 Å². The SMILES string of the molecule is COc1cccc(CCn2nnnc2N2CC=C(c3ccc4c(c3)OCCO4)CC2)c1. The summed E-state index contributed by atoms with van der Waals surface area (Å²) in [7, 11) is 1.68. The maximum absolute atomic E-state index is 5.73. The van der Waals surface area contributed by atoms with Gasteiger partial charge in [0.15, 0.2) is 11.5 Å². The number of hydrogen-bond acceptors (Lipinski definition) is 7. The number of rotatable bonds is 6. The Morgan fingerprint density at radius 3 is 2.81 bits per heavy atom. The summed E-state index contributed by atoms with van der Waals surface area (Å²) in [5.74, 6) is 3.32. The molecule has 5 rings (SSSR count). The summed E-state index contributed by atoms with van der Waals surface area (Å²) >= 11 is 0. The molecule has 2 aliphatic heterocycles. The molecule has 0 radical (unpaired) electrons. The number of fused-ring (bicyclic) bond motifs is 1. The van der Waals surface area contributed by atoms with E-state index in [9.17, 15) is 0 Å². The number of aryl methyl sites for hydroxylation is 2. The van der Waals surface area contributed by atoms with Gasteiger partial charge in [-0.3, -0.25) is 0 Å². The number of nitrogens with zero attached hydrogens (tertiary/aromatic N) is 5. The fraction of sp³-hybridized carbons (Fsp3) is 0.348. The van der Waals surface area contributed by atoms with Gasteiger partial charge in [0.25, 0.3) is 0 Å². The molecule has 160 valence electrons. The Morgan fingerprint density at radius 1 is 1.06 bits per heavy atom. The lowest BCUT2D eigenvalue weighted by atomic mass is 9.99. The topological polar surface area (TPSA) is 74.5 Å². The van der Waals surface area contributed by atoms with Gasteiger partial charge in [-0.15, -0.1) is 0 Å². The third-order valence-corrected chi connectivity index (χ3v) is 5.66. The second-order valence-corrected chi connectivity index (χ2v) is 7.59. The van der Waals surface area contributed by atoms with E-state index in [1.165, 1.54) is 16.7 Å². The second kappa shape index (κ2) is 8.67. The van der Waals surface area contributed by atoms with E-state index in [-0.39, 0.29) is 0 Å². The predicted molar refractivity (Wildman–Crippen MR) is 117 cm³/mol. The van der Waals surface area contributed by atoms with E-state index < -0.39 is 0 Å². The number of benzene rings is 2. The Kier molecular flexibility index (Phi) is 5.43. The molecule has 2 aromatic carbocycles. The molecular formula is C23H25N5O3. The van der Waals surface area contributed by atoms with Crippen LogP contribution in [0.15, 0.2) is 48.5 Å². The van der Waals surface area contributed by atoms with Crippen molar-refractivity contribution in [1.29, 1.82) is 0 Å². The third kappa shape index (κ3) is 4.19. The Bertz CT molecular complexity index is 1090. The van der Waals surface area contributed by atoms with Crippen LogP contribution in [-0.2, 0) is 13.0 Å². The van der Waals surface area contributed by atoms with E-state index in [0.717, 1.165) is 49.1 Å². The Hall–Kier alpha value is -3.55. The number of tetrazole rings is 1. The average Bonchev–Trinajstić information content (AvgIpc) is 3.31. The van der Waals surface area contributed by atoms with Gasteiger partial charge in [-0.2, -0.15) is 0 Å². The molecule has 0 saturated carbocycles. The molecular weight excluding hydrogens is 394 g/mol. The average molecular weight is 419 g/mol. The summed E-state index contributed by atoms with van der Waals surface area (Å²) in [6.45, 7) is 3.55. The molecule has 0 N–H and O–H groups in total. The number of hydrogen-bond donors (Lipinski definition) is 0. The van der Waals surface area contributed by atoms with E-state index in [4.69, 9.17) is 14.2 Å². The monoisotopic (exact) mass is 419 g/mol. The van der Waals surface area contributed by atoms with Crippen LogP contribution >= 0.6 is 0 Å². The normalized spacial score (nSPS) is 15.5. The Balaban J connectivity index is 1.26. The van der Waals surface area contributed by atoms with E-state index in [2.05, 4.69) is 44.7 Å². The fourth-order valence-corrected chi connectivity index (χ4v) is 3.99. The van der Waals surface area contributed by atoms with Crippen LogP contribution in [-0.4, -0.2) is 53.6 Å².